The summed E-state index contributed by atoms with van der Waals surface area (Å²) in [4.78, 5) is 17.9. The van der Waals surface area contributed by atoms with E-state index < -0.39 is 0 Å². The molecular weight excluding hydrogens is 390 g/mol. The fourth-order valence-corrected chi connectivity index (χ4v) is 4.22. The van der Waals surface area contributed by atoms with Crippen LogP contribution in [0.1, 0.15) is 37.7 Å². The molecule has 0 saturated heterocycles. The first-order valence-corrected chi connectivity index (χ1v) is 10.3. The maximum Gasteiger partial charge on any atom is 0.124 e. The molecule has 1 aromatic heterocycles. The van der Waals surface area contributed by atoms with Crippen molar-refractivity contribution in [1.82, 2.24) is 9.88 Å². The third-order valence-corrected chi connectivity index (χ3v) is 5.88. The van der Waals surface area contributed by atoms with E-state index in [2.05, 4.69) is 51.3 Å². The fourth-order valence-electron chi connectivity index (χ4n) is 3.86. The van der Waals surface area contributed by atoms with Gasteiger partial charge in [-0.25, -0.2) is 0 Å². The van der Waals surface area contributed by atoms with Gasteiger partial charge in [-0.15, -0.1) is 0 Å². The lowest BCUT2D eigenvalue weighted by Gasteiger charge is -2.31. The molecule has 5 heteroatoms. The summed E-state index contributed by atoms with van der Waals surface area (Å²) in [5.74, 6) is 0.841. The maximum absolute atomic E-state index is 11.1. The molecule has 1 heterocycles. The Labute approximate surface area is 164 Å². The zero-order chi connectivity index (χ0) is 18.5. The zero-order valence-electron chi connectivity index (χ0n) is 15.7. The van der Waals surface area contributed by atoms with E-state index in [0.29, 0.717) is 12.5 Å². The summed E-state index contributed by atoms with van der Waals surface area (Å²) in [6.45, 7) is 1.18. The third kappa shape index (κ3) is 4.83. The number of nitrogens with one attached hydrogen (secondary N) is 1. The predicted molar refractivity (Wildman–Crippen MR) is 112 cm³/mol. The molecule has 26 heavy (non-hydrogen) atoms. The van der Waals surface area contributed by atoms with Gasteiger partial charge >= 0.3 is 0 Å². The van der Waals surface area contributed by atoms with Gasteiger partial charge in [0.1, 0.15) is 6.29 Å². The molecule has 0 unspecified atom stereocenters. The van der Waals surface area contributed by atoms with Crippen molar-refractivity contribution < 1.29 is 4.79 Å². The van der Waals surface area contributed by atoms with Crippen LogP contribution in [0.15, 0.2) is 28.9 Å². The molecular formula is C21H28BrN3O. The minimum Gasteiger partial charge on any atom is -0.381 e. The number of hydrogen-bond acceptors (Lipinski definition) is 4. The van der Waals surface area contributed by atoms with E-state index >= 15 is 0 Å². The molecule has 1 fully saturated rings. The van der Waals surface area contributed by atoms with Gasteiger partial charge < -0.3 is 15.0 Å². The maximum atomic E-state index is 11.1. The van der Waals surface area contributed by atoms with Crippen molar-refractivity contribution in [2.24, 2.45) is 5.92 Å². The largest absolute Gasteiger partial charge is 0.381 e. The van der Waals surface area contributed by atoms with E-state index in [1.54, 1.807) is 0 Å². The lowest BCUT2D eigenvalue weighted by Crippen LogP contribution is -2.28. The molecule has 0 atom stereocenters. The quantitative estimate of drug-likeness (QED) is 0.665. The van der Waals surface area contributed by atoms with Crippen molar-refractivity contribution in [1.29, 1.82) is 0 Å². The number of carbonyl (C=O) groups is 1. The Bertz CT molecular complexity index is 754. The Morgan fingerprint density at radius 2 is 2.04 bits per heavy atom. The molecule has 4 nitrogen and oxygen atoms in total. The lowest BCUT2D eigenvalue weighted by molar-refractivity contribution is -0.107. The van der Waals surface area contributed by atoms with Gasteiger partial charge in [0.2, 0.25) is 0 Å². The summed E-state index contributed by atoms with van der Waals surface area (Å²) >= 11 is 3.56. The Balaban J connectivity index is 1.75. The van der Waals surface area contributed by atoms with Gasteiger partial charge in [-0.05, 0) is 76.9 Å². The van der Waals surface area contributed by atoms with Crippen LogP contribution in [-0.2, 0) is 11.2 Å². The molecule has 140 valence electrons. The monoisotopic (exact) mass is 417 g/mol. The first-order chi connectivity index (χ1) is 12.6. The average molecular weight is 418 g/mol. The first-order valence-electron chi connectivity index (χ1n) is 9.49. The van der Waals surface area contributed by atoms with Gasteiger partial charge in [0.05, 0.1) is 5.52 Å². The number of aldehydes is 1. The zero-order valence-corrected chi connectivity index (χ0v) is 17.3. The summed E-state index contributed by atoms with van der Waals surface area (Å²) in [6, 6.07) is 6.60. The highest BCUT2D eigenvalue weighted by Crippen LogP contribution is 2.33. The number of anilines is 1. The minimum absolute atomic E-state index is 0.399. The second-order valence-corrected chi connectivity index (χ2v) is 8.56. The number of nitrogens with zero attached hydrogens (tertiary/aromatic N) is 2. The molecule has 1 aliphatic rings. The number of halogens is 1. The Morgan fingerprint density at radius 3 is 2.73 bits per heavy atom. The number of pyridine rings is 1. The molecule has 1 N–H and O–H groups in total. The Morgan fingerprint density at radius 1 is 1.27 bits per heavy atom. The van der Waals surface area contributed by atoms with Gasteiger partial charge in [0.15, 0.2) is 0 Å². The molecule has 0 amide bonds. The summed E-state index contributed by atoms with van der Waals surface area (Å²) in [5, 5.41) is 4.85. The van der Waals surface area contributed by atoms with E-state index in [1.807, 2.05) is 18.3 Å². The van der Waals surface area contributed by atoms with Crippen LogP contribution in [0.2, 0.25) is 0 Å². The highest BCUT2D eigenvalue weighted by molar-refractivity contribution is 9.10. The second kappa shape index (κ2) is 8.96. The Hall–Kier alpha value is -1.46. The minimum atomic E-state index is 0.399. The molecule has 0 spiro atoms. The second-order valence-electron chi connectivity index (χ2n) is 7.64. The van der Waals surface area contributed by atoms with Crippen molar-refractivity contribution in [3.63, 3.8) is 0 Å². The molecule has 0 aliphatic heterocycles. The number of carbonyl (C=O) groups excluding carboxylic acids is 1. The topological polar surface area (TPSA) is 45.2 Å². The van der Waals surface area contributed by atoms with Gasteiger partial charge in [0.25, 0.3) is 0 Å². The highest BCUT2D eigenvalue weighted by Gasteiger charge is 2.22. The van der Waals surface area contributed by atoms with E-state index in [9.17, 15) is 4.79 Å². The fraction of sp³-hybridized carbons (Fsp3) is 0.524. The van der Waals surface area contributed by atoms with Crippen molar-refractivity contribution in [2.75, 3.05) is 26.0 Å². The van der Waals surface area contributed by atoms with Crippen LogP contribution in [0, 0.1) is 5.92 Å². The van der Waals surface area contributed by atoms with E-state index in [4.69, 9.17) is 0 Å². The van der Waals surface area contributed by atoms with Crippen molar-refractivity contribution in [3.05, 3.63) is 34.4 Å². The molecule has 3 rings (SSSR count). The van der Waals surface area contributed by atoms with Crippen LogP contribution in [0.5, 0.6) is 0 Å². The SMILES string of the molecule is CN(C)CC[C@H]1CC[C@H](Nc2c(CC=O)cnc3ccc(Br)cc23)CC1. The number of aromatic nitrogens is 1. The van der Waals surface area contributed by atoms with Gasteiger partial charge in [-0.3, -0.25) is 4.98 Å². The van der Waals surface area contributed by atoms with Crippen LogP contribution < -0.4 is 5.32 Å². The van der Waals surface area contributed by atoms with Crippen molar-refractivity contribution >= 4 is 38.8 Å². The molecule has 0 radical (unpaired) electrons. The predicted octanol–water partition coefficient (Wildman–Crippen LogP) is 4.66. The summed E-state index contributed by atoms with van der Waals surface area (Å²) in [7, 11) is 4.29. The number of hydrogen-bond donors (Lipinski definition) is 1. The number of benzene rings is 1. The van der Waals surface area contributed by atoms with E-state index in [1.165, 1.54) is 38.6 Å². The number of fused-ring (bicyclic) bond motifs is 1. The van der Waals surface area contributed by atoms with Crippen molar-refractivity contribution in [2.45, 2.75) is 44.6 Å². The van der Waals surface area contributed by atoms with Crippen LogP contribution in [-0.4, -0.2) is 42.9 Å². The summed E-state index contributed by atoms with van der Waals surface area (Å²) < 4.78 is 1.03. The average Bonchev–Trinajstić information content (AvgIpc) is 2.63. The van der Waals surface area contributed by atoms with Crippen LogP contribution >= 0.6 is 15.9 Å². The summed E-state index contributed by atoms with van der Waals surface area (Å²) in [6.07, 6.45) is 9.44. The molecule has 2 aromatic rings. The molecule has 1 saturated carbocycles. The standard InChI is InChI=1S/C21H28BrN3O/c1-25(2)11-9-15-3-6-18(7-4-15)24-21-16(10-12-26)14-23-20-8-5-17(22)13-19(20)21/h5,8,12-15,18H,3-4,6-7,9-11H2,1-2H3,(H,23,24)/t15-,18-. The van der Waals surface area contributed by atoms with Crippen LogP contribution in [0.25, 0.3) is 10.9 Å². The van der Waals surface area contributed by atoms with E-state index in [0.717, 1.165) is 38.8 Å². The van der Waals surface area contributed by atoms with Crippen LogP contribution in [0.3, 0.4) is 0 Å². The smallest absolute Gasteiger partial charge is 0.124 e. The van der Waals surface area contributed by atoms with Gasteiger partial charge in [-0.1, -0.05) is 15.9 Å². The lowest BCUT2D eigenvalue weighted by atomic mass is 9.84. The van der Waals surface area contributed by atoms with Crippen molar-refractivity contribution in [3.8, 4) is 0 Å². The highest BCUT2D eigenvalue weighted by atomic mass is 79.9. The first kappa shape index (κ1) is 19.3. The molecule has 1 aromatic carbocycles. The van der Waals surface area contributed by atoms with Gasteiger partial charge in [-0.2, -0.15) is 0 Å². The number of rotatable bonds is 7. The Kier molecular flexibility index (Phi) is 6.65. The van der Waals surface area contributed by atoms with Gasteiger partial charge in [0, 0.05) is 39.8 Å². The molecule has 1 aliphatic carbocycles. The normalized spacial score (nSPS) is 20.5. The summed E-state index contributed by atoms with van der Waals surface area (Å²) in [5.41, 5.74) is 3.03. The molecule has 0 bridgehead atoms. The van der Waals surface area contributed by atoms with Crippen LogP contribution in [0.4, 0.5) is 5.69 Å². The van der Waals surface area contributed by atoms with E-state index in [-0.39, 0.29) is 0 Å². The third-order valence-electron chi connectivity index (χ3n) is 5.39.